The van der Waals surface area contributed by atoms with E-state index in [0.717, 1.165) is 30.2 Å². The average molecular weight is 301 g/mol. The summed E-state index contributed by atoms with van der Waals surface area (Å²) < 4.78 is 0. The Labute approximate surface area is 129 Å². The predicted octanol–water partition coefficient (Wildman–Crippen LogP) is 1.69. The van der Waals surface area contributed by atoms with Crippen LogP contribution < -0.4 is 11.1 Å². The van der Waals surface area contributed by atoms with Crippen molar-refractivity contribution in [2.75, 3.05) is 6.61 Å². The molecule has 5 heteroatoms. The van der Waals surface area contributed by atoms with Crippen LogP contribution in [0.1, 0.15) is 35.3 Å². The van der Waals surface area contributed by atoms with Gasteiger partial charge in [-0.1, -0.05) is 11.6 Å². The molecule has 1 saturated carbocycles. The van der Waals surface area contributed by atoms with Crippen LogP contribution in [0.3, 0.4) is 0 Å². The van der Waals surface area contributed by atoms with Gasteiger partial charge in [0.25, 0.3) is 5.91 Å². The molecule has 1 fully saturated rings. The normalized spacial score (nSPS) is 25.3. The van der Waals surface area contributed by atoms with Gasteiger partial charge >= 0.3 is 0 Å². The van der Waals surface area contributed by atoms with Crippen LogP contribution in [0.5, 0.6) is 0 Å². The van der Waals surface area contributed by atoms with Crippen LogP contribution in [0, 0.1) is 12.8 Å². The molecule has 1 aromatic heterocycles. The largest absolute Gasteiger partial charge is 0.396 e. The quantitative estimate of drug-likeness (QED) is 0.695. The van der Waals surface area contributed by atoms with E-state index >= 15 is 0 Å². The summed E-state index contributed by atoms with van der Waals surface area (Å²) in [5.74, 6) is 0.149. The molecule has 0 bridgehead atoms. The minimum atomic E-state index is -0.114. The van der Waals surface area contributed by atoms with Gasteiger partial charge in [-0.25, -0.2) is 0 Å². The number of H-pyrrole nitrogens is 1. The zero-order valence-electron chi connectivity index (χ0n) is 12.8. The zero-order valence-corrected chi connectivity index (χ0v) is 12.8. The first-order chi connectivity index (χ1) is 10.6. The molecule has 0 spiro atoms. The number of nitrogens with two attached hydrogens (primary N) is 1. The second-order valence-corrected chi connectivity index (χ2v) is 6.38. The van der Waals surface area contributed by atoms with Gasteiger partial charge in [0.05, 0.1) is 0 Å². The number of carbonyl (C=O) groups is 1. The molecule has 22 heavy (non-hydrogen) atoms. The lowest BCUT2D eigenvalue weighted by molar-refractivity contribution is 0.0897. The minimum Gasteiger partial charge on any atom is -0.396 e. The van der Waals surface area contributed by atoms with Crippen molar-refractivity contribution in [1.29, 1.82) is 0 Å². The lowest BCUT2D eigenvalue weighted by Crippen LogP contribution is -2.51. The number of aromatic nitrogens is 1. The van der Waals surface area contributed by atoms with Crippen molar-refractivity contribution < 1.29 is 9.90 Å². The summed E-state index contributed by atoms with van der Waals surface area (Å²) in [5.41, 5.74) is 8.83. The van der Waals surface area contributed by atoms with Crippen molar-refractivity contribution in [3.05, 3.63) is 35.5 Å². The van der Waals surface area contributed by atoms with Crippen molar-refractivity contribution in [3.8, 4) is 0 Å². The van der Waals surface area contributed by atoms with Gasteiger partial charge < -0.3 is 21.1 Å². The number of aryl methyl sites for hydroxylation is 1. The van der Waals surface area contributed by atoms with E-state index in [1.807, 2.05) is 25.1 Å². The highest BCUT2D eigenvalue weighted by molar-refractivity contribution is 5.98. The third kappa shape index (κ3) is 3.00. The number of aliphatic hydroxyl groups is 1. The van der Waals surface area contributed by atoms with E-state index in [1.165, 1.54) is 5.56 Å². The summed E-state index contributed by atoms with van der Waals surface area (Å²) in [6.45, 7) is 2.21. The molecule has 0 radical (unpaired) electrons. The molecule has 1 amide bonds. The Morgan fingerprint density at radius 1 is 1.41 bits per heavy atom. The maximum absolute atomic E-state index is 12.4. The van der Waals surface area contributed by atoms with Crippen LogP contribution in [0.2, 0.25) is 0 Å². The second kappa shape index (κ2) is 6.10. The Balaban J connectivity index is 1.70. The first-order valence-electron chi connectivity index (χ1n) is 7.83. The maximum atomic E-state index is 12.4. The molecule has 5 nitrogen and oxygen atoms in total. The second-order valence-electron chi connectivity index (χ2n) is 6.38. The average Bonchev–Trinajstić information content (AvgIpc) is 2.92. The van der Waals surface area contributed by atoms with Gasteiger partial charge in [0.1, 0.15) is 5.69 Å². The standard InChI is InChI=1S/C17H23N3O2/c1-10-2-4-14-12(6-10)8-16(19-14)17(22)20-15-5-3-11(9-21)7-13(15)18/h2,4,6,8,11,13,15,19,21H,3,5,7,9,18H2,1H3,(H,20,22)/t11-,13+,15-/m0/s1. The number of amides is 1. The first-order valence-corrected chi connectivity index (χ1v) is 7.83. The smallest absolute Gasteiger partial charge is 0.268 e. The third-order valence-electron chi connectivity index (χ3n) is 4.60. The molecule has 118 valence electrons. The number of aromatic amines is 1. The lowest BCUT2D eigenvalue weighted by Gasteiger charge is -2.33. The molecule has 3 rings (SSSR count). The van der Waals surface area contributed by atoms with E-state index in [1.54, 1.807) is 0 Å². The summed E-state index contributed by atoms with van der Waals surface area (Å²) in [7, 11) is 0. The van der Waals surface area contributed by atoms with Gasteiger partial charge in [0.2, 0.25) is 0 Å². The summed E-state index contributed by atoms with van der Waals surface area (Å²) in [4.78, 5) is 15.6. The van der Waals surface area contributed by atoms with Crippen LogP contribution in [-0.4, -0.2) is 34.7 Å². The van der Waals surface area contributed by atoms with E-state index in [4.69, 9.17) is 5.73 Å². The number of hydrogen-bond acceptors (Lipinski definition) is 3. The lowest BCUT2D eigenvalue weighted by atomic mass is 9.83. The van der Waals surface area contributed by atoms with Crippen LogP contribution in [0.4, 0.5) is 0 Å². The van der Waals surface area contributed by atoms with Gasteiger partial charge in [-0.2, -0.15) is 0 Å². The van der Waals surface area contributed by atoms with Crippen LogP contribution >= 0.6 is 0 Å². The fourth-order valence-corrected chi connectivity index (χ4v) is 3.26. The number of carbonyl (C=O) groups excluding carboxylic acids is 1. The molecule has 3 atom stereocenters. The first kappa shape index (κ1) is 15.1. The molecule has 1 aliphatic rings. The molecule has 0 saturated heterocycles. The Morgan fingerprint density at radius 3 is 2.95 bits per heavy atom. The zero-order chi connectivity index (χ0) is 15.7. The van der Waals surface area contributed by atoms with E-state index in [2.05, 4.69) is 16.4 Å². The van der Waals surface area contributed by atoms with Gasteiger partial charge in [-0.15, -0.1) is 0 Å². The number of nitrogens with one attached hydrogen (secondary N) is 2. The molecular formula is C17H23N3O2. The molecule has 5 N–H and O–H groups in total. The molecular weight excluding hydrogens is 278 g/mol. The Kier molecular flexibility index (Phi) is 4.18. The molecule has 1 heterocycles. The number of hydrogen-bond donors (Lipinski definition) is 4. The highest BCUT2D eigenvalue weighted by Crippen LogP contribution is 2.24. The highest BCUT2D eigenvalue weighted by atomic mass is 16.3. The van der Waals surface area contributed by atoms with Crippen LogP contribution in [0.15, 0.2) is 24.3 Å². The highest BCUT2D eigenvalue weighted by Gasteiger charge is 2.29. The fraction of sp³-hybridized carbons (Fsp3) is 0.471. The third-order valence-corrected chi connectivity index (χ3v) is 4.60. The Bertz CT molecular complexity index is 680. The van der Waals surface area contributed by atoms with Crippen LogP contribution in [0.25, 0.3) is 10.9 Å². The molecule has 0 aliphatic heterocycles. The predicted molar refractivity (Wildman–Crippen MR) is 86.7 cm³/mol. The topological polar surface area (TPSA) is 91.1 Å². The Hall–Kier alpha value is -1.85. The van der Waals surface area contributed by atoms with Crippen molar-refractivity contribution in [2.45, 2.75) is 38.3 Å². The molecule has 1 aliphatic carbocycles. The van der Waals surface area contributed by atoms with Crippen molar-refractivity contribution >= 4 is 16.8 Å². The summed E-state index contributed by atoms with van der Waals surface area (Å²) in [6, 6.07) is 7.82. The van der Waals surface area contributed by atoms with Crippen molar-refractivity contribution in [1.82, 2.24) is 10.3 Å². The molecule has 0 unspecified atom stereocenters. The van der Waals surface area contributed by atoms with Gasteiger partial charge in [-0.05, 0) is 50.3 Å². The van der Waals surface area contributed by atoms with Crippen molar-refractivity contribution in [2.24, 2.45) is 11.7 Å². The van der Waals surface area contributed by atoms with Gasteiger partial charge in [-0.3, -0.25) is 4.79 Å². The SMILES string of the molecule is Cc1ccc2[nH]c(C(=O)N[C@H]3CC[C@H](CO)C[C@H]3N)cc2c1. The Morgan fingerprint density at radius 2 is 2.23 bits per heavy atom. The number of rotatable bonds is 3. The monoisotopic (exact) mass is 301 g/mol. The van der Waals surface area contributed by atoms with E-state index in [9.17, 15) is 9.90 Å². The van der Waals surface area contributed by atoms with Crippen LogP contribution in [-0.2, 0) is 0 Å². The molecule has 1 aromatic carbocycles. The van der Waals surface area contributed by atoms with E-state index in [0.29, 0.717) is 5.69 Å². The number of benzene rings is 1. The summed E-state index contributed by atoms with van der Waals surface area (Å²) in [5, 5.41) is 13.3. The van der Waals surface area contributed by atoms with E-state index in [-0.39, 0.29) is 30.5 Å². The number of aliphatic hydroxyl groups excluding tert-OH is 1. The minimum absolute atomic E-state index is 0.0246. The summed E-state index contributed by atoms with van der Waals surface area (Å²) in [6.07, 6.45) is 2.48. The van der Waals surface area contributed by atoms with Gasteiger partial charge in [0, 0.05) is 29.6 Å². The number of fused-ring (bicyclic) bond motifs is 1. The van der Waals surface area contributed by atoms with E-state index < -0.39 is 0 Å². The maximum Gasteiger partial charge on any atom is 0.268 e. The van der Waals surface area contributed by atoms with Crippen molar-refractivity contribution in [3.63, 3.8) is 0 Å². The van der Waals surface area contributed by atoms with Gasteiger partial charge in [0.15, 0.2) is 0 Å². The fourth-order valence-electron chi connectivity index (χ4n) is 3.26. The molecule has 2 aromatic rings. The summed E-state index contributed by atoms with van der Waals surface area (Å²) >= 11 is 0.